The van der Waals surface area contributed by atoms with Gasteiger partial charge in [-0.25, -0.2) is 0 Å². The Morgan fingerprint density at radius 3 is 2.65 bits per heavy atom. The number of nitrogens with two attached hydrogens (primary N) is 1. The molecule has 0 aliphatic rings. The van der Waals surface area contributed by atoms with Crippen molar-refractivity contribution in [2.75, 3.05) is 11.9 Å². The number of nitriles is 1. The molecule has 6 nitrogen and oxygen atoms in total. The third kappa shape index (κ3) is 3.12. The molecule has 4 N–H and O–H groups in total. The molecule has 1 aromatic heterocycles. The van der Waals surface area contributed by atoms with Gasteiger partial charge in [0.15, 0.2) is 5.82 Å². The molecule has 0 spiro atoms. The van der Waals surface area contributed by atoms with Gasteiger partial charge in [0.2, 0.25) is 0 Å². The summed E-state index contributed by atoms with van der Waals surface area (Å²) in [6.07, 6.45) is -0.618. The van der Waals surface area contributed by atoms with Crippen LogP contribution in [0.1, 0.15) is 23.7 Å². The molecule has 0 saturated carbocycles. The zero-order valence-electron chi connectivity index (χ0n) is 10.2. The molecule has 0 bridgehead atoms. The monoisotopic (exact) mass is 235 g/mol. The van der Waals surface area contributed by atoms with E-state index in [-0.39, 0.29) is 0 Å². The van der Waals surface area contributed by atoms with Crippen LogP contribution in [0.15, 0.2) is 0 Å². The van der Waals surface area contributed by atoms with Crippen molar-refractivity contribution in [3.05, 3.63) is 16.8 Å². The smallest absolute Gasteiger partial charge is 0.166 e. The third-order valence-corrected chi connectivity index (χ3v) is 2.69. The minimum atomic E-state index is -0.618. The Balaban J connectivity index is 2.86. The average molecular weight is 235 g/mol. The molecule has 6 heteroatoms. The van der Waals surface area contributed by atoms with Gasteiger partial charge in [0.05, 0.1) is 11.8 Å². The van der Waals surface area contributed by atoms with E-state index in [2.05, 4.69) is 21.6 Å². The fourth-order valence-electron chi connectivity index (χ4n) is 1.25. The average Bonchev–Trinajstić information content (AvgIpc) is 2.30. The first-order valence-corrected chi connectivity index (χ1v) is 5.38. The van der Waals surface area contributed by atoms with E-state index in [0.29, 0.717) is 17.9 Å². The molecule has 2 unspecified atom stereocenters. The molecule has 0 fully saturated rings. The highest BCUT2D eigenvalue weighted by Gasteiger charge is 2.13. The third-order valence-electron chi connectivity index (χ3n) is 2.69. The maximum absolute atomic E-state index is 9.26. The van der Waals surface area contributed by atoms with E-state index in [4.69, 9.17) is 11.0 Å². The highest BCUT2D eigenvalue weighted by atomic mass is 16.3. The van der Waals surface area contributed by atoms with Crippen molar-refractivity contribution in [2.45, 2.75) is 32.9 Å². The van der Waals surface area contributed by atoms with Crippen LogP contribution in [0, 0.1) is 25.2 Å². The molecule has 2 atom stereocenters. The van der Waals surface area contributed by atoms with E-state index in [9.17, 15) is 5.11 Å². The van der Waals surface area contributed by atoms with Crippen molar-refractivity contribution >= 4 is 5.82 Å². The topological polar surface area (TPSA) is 108 Å². The predicted octanol–water partition coefficient (Wildman–Crippen LogP) is 0.0851. The number of rotatable bonds is 4. The first-order chi connectivity index (χ1) is 7.97. The van der Waals surface area contributed by atoms with E-state index in [0.717, 1.165) is 11.3 Å². The second-order valence-electron chi connectivity index (χ2n) is 4.03. The van der Waals surface area contributed by atoms with E-state index in [1.807, 2.05) is 6.92 Å². The summed E-state index contributed by atoms with van der Waals surface area (Å²) < 4.78 is 0. The second-order valence-corrected chi connectivity index (χ2v) is 4.03. The van der Waals surface area contributed by atoms with Gasteiger partial charge in [-0.2, -0.15) is 10.4 Å². The van der Waals surface area contributed by atoms with Crippen LogP contribution in [-0.4, -0.2) is 34.0 Å². The number of hydrogen-bond acceptors (Lipinski definition) is 6. The lowest BCUT2D eigenvalue weighted by Gasteiger charge is -2.16. The molecule has 0 saturated heterocycles. The van der Waals surface area contributed by atoms with E-state index >= 15 is 0 Å². The Kier molecular flexibility index (Phi) is 4.37. The van der Waals surface area contributed by atoms with Crippen LogP contribution in [0.4, 0.5) is 5.82 Å². The summed E-state index contributed by atoms with van der Waals surface area (Å²) in [5, 5.41) is 29.1. The van der Waals surface area contributed by atoms with Crippen LogP contribution >= 0.6 is 0 Å². The van der Waals surface area contributed by atoms with Gasteiger partial charge in [-0.3, -0.25) is 0 Å². The first-order valence-electron chi connectivity index (χ1n) is 5.38. The Morgan fingerprint density at radius 2 is 2.12 bits per heavy atom. The summed E-state index contributed by atoms with van der Waals surface area (Å²) in [7, 11) is 0. The summed E-state index contributed by atoms with van der Waals surface area (Å²) in [5.74, 6) is 0.409. The highest BCUT2D eigenvalue weighted by molar-refractivity contribution is 5.55. The second kappa shape index (κ2) is 5.57. The van der Waals surface area contributed by atoms with E-state index in [1.165, 1.54) is 0 Å². The van der Waals surface area contributed by atoms with Gasteiger partial charge in [0.1, 0.15) is 11.6 Å². The number of aromatic nitrogens is 2. The predicted molar refractivity (Wildman–Crippen MR) is 64.4 cm³/mol. The van der Waals surface area contributed by atoms with Gasteiger partial charge in [-0.05, 0) is 26.3 Å². The first kappa shape index (κ1) is 13.4. The summed E-state index contributed by atoms with van der Waals surface area (Å²) in [6.45, 7) is 5.57. The summed E-state index contributed by atoms with van der Waals surface area (Å²) in [4.78, 5) is 0. The van der Waals surface area contributed by atoms with Crippen LogP contribution < -0.4 is 11.1 Å². The number of aryl methyl sites for hydroxylation is 1. The van der Waals surface area contributed by atoms with Gasteiger partial charge in [-0.1, -0.05) is 0 Å². The summed E-state index contributed by atoms with van der Waals surface area (Å²) in [6, 6.07) is 1.68. The molecule has 17 heavy (non-hydrogen) atoms. The van der Waals surface area contributed by atoms with E-state index in [1.54, 1.807) is 13.8 Å². The van der Waals surface area contributed by atoms with Crippen LogP contribution in [0.25, 0.3) is 0 Å². The highest BCUT2D eigenvalue weighted by Crippen LogP contribution is 2.16. The van der Waals surface area contributed by atoms with Gasteiger partial charge in [0.25, 0.3) is 0 Å². The zero-order valence-corrected chi connectivity index (χ0v) is 10.2. The number of anilines is 1. The minimum absolute atomic E-state index is 0.337. The molecule has 0 aromatic carbocycles. The minimum Gasteiger partial charge on any atom is -0.392 e. The van der Waals surface area contributed by atoms with Crippen LogP contribution in [0.5, 0.6) is 0 Å². The fourth-order valence-corrected chi connectivity index (χ4v) is 1.25. The molecule has 0 aliphatic heterocycles. The number of nitrogens with one attached hydrogen (secondary N) is 1. The normalized spacial score (nSPS) is 13.9. The van der Waals surface area contributed by atoms with E-state index < -0.39 is 12.1 Å². The zero-order chi connectivity index (χ0) is 13.0. The maximum Gasteiger partial charge on any atom is 0.166 e. The van der Waals surface area contributed by atoms with Crippen molar-refractivity contribution in [1.29, 1.82) is 5.26 Å². The van der Waals surface area contributed by atoms with Gasteiger partial charge >= 0.3 is 0 Å². The molecule has 1 aromatic rings. The van der Waals surface area contributed by atoms with Crippen molar-refractivity contribution < 1.29 is 5.11 Å². The van der Waals surface area contributed by atoms with Crippen LogP contribution in [-0.2, 0) is 0 Å². The van der Waals surface area contributed by atoms with Crippen molar-refractivity contribution in [3.8, 4) is 6.07 Å². The quantitative estimate of drug-likeness (QED) is 0.682. The van der Waals surface area contributed by atoms with Gasteiger partial charge in [-0.15, -0.1) is 5.10 Å². The Labute approximate surface area is 100 Å². The molecule has 0 aliphatic carbocycles. The number of aliphatic hydroxyl groups is 1. The lowest BCUT2D eigenvalue weighted by Crippen LogP contribution is -2.39. The lowest BCUT2D eigenvalue weighted by molar-refractivity contribution is 0.168. The van der Waals surface area contributed by atoms with Crippen LogP contribution in [0.2, 0.25) is 0 Å². The Morgan fingerprint density at radius 1 is 1.47 bits per heavy atom. The summed E-state index contributed by atoms with van der Waals surface area (Å²) >= 11 is 0. The maximum atomic E-state index is 9.26. The molecule has 92 valence electrons. The Bertz CT molecular complexity index is 438. The molecule has 0 amide bonds. The number of nitrogens with zero attached hydrogens (tertiary/aromatic N) is 3. The number of hydrogen-bond donors (Lipinski definition) is 3. The standard InChI is InChI=1S/C11H17N5O/c1-6-7(2)15-16-11(9(6)4-12)14-5-10(13)8(3)17/h8,10,17H,5,13H2,1-3H3,(H,14,16). The van der Waals surface area contributed by atoms with Crippen LogP contribution in [0.3, 0.4) is 0 Å². The molecular weight excluding hydrogens is 218 g/mol. The summed E-state index contributed by atoms with van der Waals surface area (Å²) in [5.41, 5.74) is 7.68. The Hall–Kier alpha value is -1.71. The molecule has 1 heterocycles. The molecular formula is C11H17N5O. The largest absolute Gasteiger partial charge is 0.392 e. The van der Waals surface area contributed by atoms with Crippen molar-refractivity contribution in [2.24, 2.45) is 5.73 Å². The lowest BCUT2D eigenvalue weighted by atomic mass is 10.1. The molecule has 1 rings (SSSR count). The van der Waals surface area contributed by atoms with Gasteiger partial charge in [0, 0.05) is 12.6 Å². The van der Waals surface area contributed by atoms with Crippen molar-refractivity contribution in [1.82, 2.24) is 10.2 Å². The van der Waals surface area contributed by atoms with Crippen molar-refractivity contribution in [3.63, 3.8) is 0 Å². The fraction of sp³-hybridized carbons (Fsp3) is 0.545. The molecule has 0 radical (unpaired) electrons. The van der Waals surface area contributed by atoms with Gasteiger partial charge < -0.3 is 16.2 Å². The SMILES string of the molecule is Cc1nnc(NCC(N)C(C)O)c(C#N)c1C. The number of aliphatic hydroxyl groups excluding tert-OH is 1.